The summed E-state index contributed by atoms with van der Waals surface area (Å²) in [6.07, 6.45) is 0.659. The first-order valence-corrected chi connectivity index (χ1v) is 14.4. The molecule has 0 fully saturated rings. The SMILES string of the molecule is C[Si](C)(C)C#CCc1cc(Br)c(OCc2ccccc2)cc1OCc1ccccc1. The first-order chi connectivity index (χ1) is 14.4. The summed E-state index contributed by atoms with van der Waals surface area (Å²) < 4.78 is 13.2. The van der Waals surface area contributed by atoms with Crippen LogP contribution in [0.3, 0.4) is 0 Å². The van der Waals surface area contributed by atoms with E-state index < -0.39 is 8.07 Å². The Bertz CT molecular complexity index is 1020. The van der Waals surface area contributed by atoms with Crippen molar-refractivity contribution in [2.75, 3.05) is 0 Å². The fourth-order valence-electron chi connectivity index (χ4n) is 2.83. The molecule has 4 heteroatoms. The summed E-state index contributed by atoms with van der Waals surface area (Å²) in [6, 6.07) is 24.4. The van der Waals surface area contributed by atoms with E-state index in [1.165, 1.54) is 0 Å². The lowest BCUT2D eigenvalue weighted by molar-refractivity contribution is 0.287. The van der Waals surface area contributed by atoms with Crippen LogP contribution in [-0.4, -0.2) is 8.07 Å². The second-order valence-electron chi connectivity index (χ2n) is 8.17. The highest BCUT2D eigenvalue weighted by Crippen LogP contribution is 2.34. The van der Waals surface area contributed by atoms with E-state index in [-0.39, 0.29) is 0 Å². The van der Waals surface area contributed by atoms with Crippen molar-refractivity contribution in [3.8, 4) is 23.0 Å². The Morgan fingerprint density at radius 2 is 1.30 bits per heavy atom. The monoisotopic (exact) mass is 478 g/mol. The van der Waals surface area contributed by atoms with Crippen molar-refractivity contribution in [3.05, 3.63) is 94.0 Å². The van der Waals surface area contributed by atoms with Crippen molar-refractivity contribution >= 4 is 24.0 Å². The van der Waals surface area contributed by atoms with Crippen LogP contribution in [0.5, 0.6) is 11.5 Å². The second-order valence-corrected chi connectivity index (χ2v) is 13.8. The van der Waals surface area contributed by atoms with E-state index in [1.54, 1.807) is 0 Å². The Hall–Kier alpha value is -2.48. The number of ether oxygens (including phenoxy) is 2. The molecule has 0 heterocycles. The summed E-state index contributed by atoms with van der Waals surface area (Å²) in [5.41, 5.74) is 6.76. The van der Waals surface area contributed by atoms with Gasteiger partial charge in [0.15, 0.2) is 0 Å². The van der Waals surface area contributed by atoms with E-state index >= 15 is 0 Å². The summed E-state index contributed by atoms with van der Waals surface area (Å²) >= 11 is 3.66. The van der Waals surface area contributed by atoms with Gasteiger partial charge >= 0.3 is 0 Å². The third-order valence-corrected chi connectivity index (χ3v) is 5.88. The second kappa shape index (κ2) is 10.5. The molecule has 0 unspecified atom stereocenters. The number of rotatable bonds is 7. The van der Waals surface area contributed by atoms with Crippen molar-refractivity contribution in [3.63, 3.8) is 0 Å². The minimum Gasteiger partial charge on any atom is -0.488 e. The minimum absolute atomic E-state index is 0.506. The maximum atomic E-state index is 6.20. The lowest BCUT2D eigenvalue weighted by Gasteiger charge is -2.15. The Morgan fingerprint density at radius 3 is 1.83 bits per heavy atom. The number of halogens is 1. The Labute approximate surface area is 189 Å². The number of hydrogen-bond donors (Lipinski definition) is 0. The third-order valence-electron chi connectivity index (χ3n) is 4.33. The summed E-state index contributed by atoms with van der Waals surface area (Å²) in [6.45, 7) is 7.77. The van der Waals surface area contributed by atoms with Crippen molar-refractivity contribution in [1.29, 1.82) is 0 Å². The maximum Gasteiger partial charge on any atom is 0.137 e. The molecule has 3 rings (SSSR count). The smallest absolute Gasteiger partial charge is 0.137 e. The van der Waals surface area contributed by atoms with E-state index in [1.807, 2.05) is 42.5 Å². The van der Waals surface area contributed by atoms with Gasteiger partial charge in [-0.1, -0.05) is 80.3 Å². The average Bonchev–Trinajstić information content (AvgIpc) is 2.73. The van der Waals surface area contributed by atoms with E-state index in [0.29, 0.717) is 19.6 Å². The highest BCUT2D eigenvalue weighted by atomic mass is 79.9. The maximum absolute atomic E-state index is 6.20. The zero-order chi connectivity index (χ0) is 21.4. The quantitative estimate of drug-likeness (QED) is 0.268. The molecule has 0 atom stereocenters. The molecular formula is C26H27BrO2Si. The molecule has 0 saturated heterocycles. The van der Waals surface area contributed by atoms with Crippen LogP contribution < -0.4 is 9.47 Å². The molecule has 0 aliphatic carbocycles. The Kier molecular flexibility index (Phi) is 7.79. The topological polar surface area (TPSA) is 18.5 Å². The molecule has 3 aromatic carbocycles. The number of benzene rings is 3. The zero-order valence-corrected chi connectivity index (χ0v) is 20.3. The summed E-state index contributed by atoms with van der Waals surface area (Å²) in [4.78, 5) is 0. The van der Waals surface area contributed by atoms with E-state index in [4.69, 9.17) is 9.47 Å². The molecule has 3 aromatic rings. The van der Waals surface area contributed by atoms with Gasteiger partial charge in [0.2, 0.25) is 0 Å². The fraction of sp³-hybridized carbons (Fsp3) is 0.231. The van der Waals surface area contributed by atoms with Gasteiger partial charge in [0.25, 0.3) is 0 Å². The Morgan fingerprint density at radius 1 is 0.767 bits per heavy atom. The van der Waals surface area contributed by atoms with Gasteiger partial charge in [-0.2, -0.15) is 0 Å². The van der Waals surface area contributed by atoms with E-state index in [0.717, 1.165) is 32.7 Å². The molecule has 30 heavy (non-hydrogen) atoms. The van der Waals surface area contributed by atoms with Crippen LogP contribution in [0.15, 0.2) is 77.3 Å². The molecule has 0 N–H and O–H groups in total. The molecule has 0 spiro atoms. The molecule has 0 amide bonds. The van der Waals surface area contributed by atoms with Crippen LogP contribution in [0.4, 0.5) is 0 Å². The fourth-order valence-corrected chi connectivity index (χ4v) is 3.96. The molecular weight excluding hydrogens is 452 g/mol. The summed E-state index contributed by atoms with van der Waals surface area (Å²) in [7, 11) is -1.41. The molecule has 2 nitrogen and oxygen atoms in total. The lowest BCUT2D eigenvalue weighted by atomic mass is 10.1. The number of hydrogen-bond acceptors (Lipinski definition) is 2. The Balaban J connectivity index is 1.82. The van der Waals surface area contributed by atoms with E-state index in [2.05, 4.69) is 77.4 Å². The van der Waals surface area contributed by atoms with Gasteiger partial charge in [-0.3, -0.25) is 0 Å². The summed E-state index contributed by atoms with van der Waals surface area (Å²) in [5, 5.41) is 0. The van der Waals surface area contributed by atoms with Gasteiger partial charge in [-0.15, -0.1) is 11.5 Å². The van der Waals surface area contributed by atoms with Gasteiger partial charge in [0.05, 0.1) is 4.47 Å². The van der Waals surface area contributed by atoms with Crippen molar-refractivity contribution in [1.82, 2.24) is 0 Å². The van der Waals surface area contributed by atoms with Crippen LogP contribution in [0, 0.1) is 11.5 Å². The molecule has 0 aromatic heterocycles. The van der Waals surface area contributed by atoms with Gasteiger partial charge in [0, 0.05) is 18.1 Å². The standard InChI is InChI=1S/C26H27BrO2Si/c1-30(2,3)16-10-15-23-17-24(27)26(29-20-22-13-8-5-9-14-22)18-25(23)28-19-21-11-6-4-7-12-21/h4-9,11-14,17-18H,15,19-20H2,1-3H3. The minimum atomic E-state index is -1.41. The highest BCUT2D eigenvalue weighted by Gasteiger charge is 2.12. The van der Waals surface area contributed by atoms with Crippen LogP contribution >= 0.6 is 15.9 Å². The van der Waals surface area contributed by atoms with Crippen molar-refractivity contribution in [2.24, 2.45) is 0 Å². The molecule has 154 valence electrons. The normalized spacial score (nSPS) is 10.8. The molecule has 0 bridgehead atoms. The van der Waals surface area contributed by atoms with Crippen LogP contribution in [0.2, 0.25) is 19.6 Å². The van der Waals surface area contributed by atoms with Crippen LogP contribution in [0.1, 0.15) is 16.7 Å². The van der Waals surface area contributed by atoms with Gasteiger partial charge in [-0.25, -0.2) is 0 Å². The molecule has 0 radical (unpaired) electrons. The van der Waals surface area contributed by atoms with Gasteiger partial charge in [0.1, 0.15) is 32.8 Å². The lowest BCUT2D eigenvalue weighted by Crippen LogP contribution is -2.16. The predicted octanol–water partition coefficient (Wildman–Crippen LogP) is 7.03. The summed E-state index contributed by atoms with van der Waals surface area (Å²) in [5.74, 6) is 4.94. The first-order valence-electron chi connectivity index (χ1n) is 10.1. The molecule has 0 saturated carbocycles. The van der Waals surface area contributed by atoms with Crippen LogP contribution in [-0.2, 0) is 19.6 Å². The third kappa shape index (κ3) is 7.09. The van der Waals surface area contributed by atoms with E-state index in [9.17, 15) is 0 Å². The molecule has 0 aliphatic rings. The molecule has 0 aliphatic heterocycles. The largest absolute Gasteiger partial charge is 0.488 e. The van der Waals surface area contributed by atoms with Crippen molar-refractivity contribution < 1.29 is 9.47 Å². The van der Waals surface area contributed by atoms with Gasteiger partial charge < -0.3 is 9.47 Å². The van der Waals surface area contributed by atoms with Crippen molar-refractivity contribution in [2.45, 2.75) is 39.3 Å². The predicted molar refractivity (Wildman–Crippen MR) is 131 cm³/mol. The highest BCUT2D eigenvalue weighted by molar-refractivity contribution is 9.10. The first kappa shape index (κ1) is 22.2. The van der Waals surface area contributed by atoms with Gasteiger partial charge in [-0.05, 0) is 33.1 Å². The zero-order valence-electron chi connectivity index (χ0n) is 17.7. The average molecular weight is 479 g/mol. The van der Waals surface area contributed by atoms with Crippen LogP contribution in [0.25, 0.3) is 0 Å².